The lowest BCUT2D eigenvalue weighted by molar-refractivity contribution is 0.336. The highest BCUT2D eigenvalue weighted by molar-refractivity contribution is 5.60. The van der Waals surface area contributed by atoms with E-state index in [-0.39, 0.29) is 5.75 Å². The van der Waals surface area contributed by atoms with E-state index < -0.39 is 0 Å². The molecule has 0 unspecified atom stereocenters. The largest absolute Gasteiger partial charge is 0.502 e. The normalized spacial score (nSPS) is 11.2. The summed E-state index contributed by atoms with van der Waals surface area (Å²) in [6.07, 6.45) is 32.1. The first-order chi connectivity index (χ1) is 17.7. The molecule has 0 bridgehead atoms. The Morgan fingerprint density at radius 3 is 1.50 bits per heavy atom. The van der Waals surface area contributed by atoms with Crippen molar-refractivity contribution < 1.29 is 14.6 Å². The summed E-state index contributed by atoms with van der Waals surface area (Å²) in [5.74, 6) is 1.16. The Balaban J connectivity index is 2.42. The lowest BCUT2D eigenvalue weighted by Crippen LogP contribution is -2.01. The first kappa shape index (κ1) is 32.6. The quantitative estimate of drug-likeness (QED) is 0.135. The van der Waals surface area contributed by atoms with E-state index in [1.807, 2.05) is 6.07 Å². The lowest BCUT2D eigenvalue weighted by Gasteiger charge is -2.18. The van der Waals surface area contributed by atoms with Crippen LogP contribution in [0.5, 0.6) is 17.2 Å². The van der Waals surface area contributed by atoms with Crippen LogP contribution in [0.15, 0.2) is 6.07 Å². The third-order valence-electron chi connectivity index (χ3n) is 7.37. The fourth-order valence-corrected chi connectivity index (χ4v) is 5.07. The van der Waals surface area contributed by atoms with Gasteiger partial charge in [0, 0.05) is 12.0 Å². The van der Waals surface area contributed by atoms with Crippen LogP contribution in [-0.4, -0.2) is 19.3 Å². The highest BCUT2D eigenvalue weighted by Gasteiger charge is 2.19. The van der Waals surface area contributed by atoms with E-state index in [9.17, 15) is 5.11 Å². The molecule has 0 aromatic heterocycles. The molecule has 0 atom stereocenters. The Morgan fingerprint density at radius 1 is 0.611 bits per heavy atom. The maximum Gasteiger partial charge on any atom is 0.201 e. The summed E-state index contributed by atoms with van der Waals surface area (Å²) in [4.78, 5) is 0. The monoisotopic (exact) mass is 502 g/mol. The van der Waals surface area contributed by atoms with Crippen molar-refractivity contribution in [1.29, 1.82) is 0 Å². The van der Waals surface area contributed by atoms with Crippen molar-refractivity contribution in [3.63, 3.8) is 0 Å². The molecule has 0 aliphatic heterocycles. The van der Waals surface area contributed by atoms with Gasteiger partial charge in [-0.25, -0.2) is 0 Å². The third kappa shape index (κ3) is 14.4. The smallest absolute Gasteiger partial charge is 0.201 e. The first-order valence-corrected chi connectivity index (χ1v) is 15.4. The molecule has 1 rings (SSSR count). The fourth-order valence-electron chi connectivity index (χ4n) is 5.07. The highest BCUT2D eigenvalue weighted by atomic mass is 16.5. The van der Waals surface area contributed by atoms with Crippen LogP contribution in [0.25, 0.3) is 0 Å². The maximum atomic E-state index is 10.6. The molecule has 0 amide bonds. The van der Waals surface area contributed by atoms with Crippen molar-refractivity contribution in [2.24, 2.45) is 0 Å². The van der Waals surface area contributed by atoms with E-state index in [4.69, 9.17) is 9.47 Å². The Kier molecular flexibility index (Phi) is 20.7. The van der Waals surface area contributed by atoms with Crippen LogP contribution in [-0.2, 0) is 6.42 Å². The standard InChI is InChI=1S/C33H58O3/c1-5-7-9-11-13-15-17-18-20-22-24-26-29-28-31(35-3)32(34)33(36-4)30(29)27-25-23-21-19-16-14-12-10-8-6-2/h28,34H,5-25,27H2,1-4H3. The van der Waals surface area contributed by atoms with E-state index >= 15 is 0 Å². The average molecular weight is 503 g/mol. The molecule has 0 heterocycles. The van der Waals surface area contributed by atoms with Gasteiger partial charge in [0.1, 0.15) is 0 Å². The molecular weight excluding hydrogens is 444 g/mol. The van der Waals surface area contributed by atoms with E-state index in [1.54, 1.807) is 14.2 Å². The highest BCUT2D eigenvalue weighted by Crippen LogP contribution is 2.42. The lowest BCUT2D eigenvalue weighted by atomic mass is 9.94. The molecular formula is C33H58O3. The third-order valence-corrected chi connectivity index (χ3v) is 7.37. The number of unbranched alkanes of at least 4 members (excludes halogenated alkanes) is 19. The number of hydrogen-bond acceptors (Lipinski definition) is 3. The van der Waals surface area contributed by atoms with Crippen molar-refractivity contribution in [2.45, 2.75) is 155 Å². The number of phenols is 1. The molecule has 0 fully saturated rings. The molecule has 2 radical (unpaired) electrons. The second kappa shape index (κ2) is 22.8. The predicted octanol–water partition coefficient (Wildman–Crippen LogP) is 10.6. The minimum Gasteiger partial charge on any atom is -0.502 e. The predicted molar refractivity (Wildman–Crippen MR) is 156 cm³/mol. The van der Waals surface area contributed by atoms with Gasteiger partial charge in [-0.05, 0) is 30.9 Å². The molecule has 3 nitrogen and oxygen atoms in total. The van der Waals surface area contributed by atoms with Crippen molar-refractivity contribution in [2.75, 3.05) is 14.2 Å². The zero-order chi connectivity index (χ0) is 26.3. The molecule has 36 heavy (non-hydrogen) atoms. The Labute approximate surface area is 224 Å². The summed E-state index contributed by atoms with van der Waals surface area (Å²) < 4.78 is 11.1. The van der Waals surface area contributed by atoms with E-state index in [0.29, 0.717) is 11.5 Å². The minimum absolute atomic E-state index is 0.117. The molecule has 1 N–H and O–H groups in total. The molecule has 0 saturated heterocycles. The van der Waals surface area contributed by atoms with Crippen LogP contribution in [0.4, 0.5) is 0 Å². The van der Waals surface area contributed by atoms with Gasteiger partial charge in [0.15, 0.2) is 11.5 Å². The van der Waals surface area contributed by atoms with Gasteiger partial charge in [-0.2, -0.15) is 0 Å². The molecule has 1 aromatic carbocycles. The number of ether oxygens (including phenoxy) is 2. The van der Waals surface area contributed by atoms with E-state index in [0.717, 1.165) is 30.4 Å². The van der Waals surface area contributed by atoms with Crippen LogP contribution in [0.2, 0.25) is 0 Å². The van der Waals surface area contributed by atoms with Crippen LogP contribution in [0, 0.1) is 6.42 Å². The molecule has 3 heteroatoms. The van der Waals surface area contributed by atoms with Crippen molar-refractivity contribution in [3.8, 4) is 17.2 Å². The summed E-state index contributed by atoms with van der Waals surface area (Å²) >= 11 is 0. The number of phenolic OH excluding ortho intramolecular Hbond substituents is 1. The fraction of sp³-hybridized carbons (Fsp3) is 0.788. The molecule has 0 saturated carbocycles. The topological polar surface area (TPSA) is 38.7 Å². The Bertz CT molecular complexity index is 640. The molecule has 0 aliphatic rings. The van der Waals surface area contributed by atoms with Gasteiger partial charge in [-0.3, -0.25) is 0 Å². The van der Waals surface area contributed by atoms with Crippen molar-refractivity contribution in [1.82, 2.24) is 0 Å². The van der Waals surface area contributed by atoms with E-state index in [1.165, 1.54) is 122 Å². The van der Waals surface area contributed by atoms with Crippen LogP contribution in [0.3, 0.4) is 0 Å². The number of aromatic hydroxyl groups is 1. The summed E-state index contributed by atoms with van der Waals surface area (Å²) in [5, 5.41) is 10.6. The van der Waals surface area contributed by atoms with Crippen LogP contribution < -0.4 is 9.47 Å². The summed E-state index contributed by atoms with van der Waals surface area (Å²) in [5.41, 5.74) is 2.13. The summed E-state index contributed by atoms with van der Waals surface area (Å²) in [7, 11) is 3.24. The van der Waals surface area contributed by atoms with E-state index in [2.05, 4.69) is 20.3 Å². The second-order valence-electron chi connectivity index (χ2n) is 10.5. The van der Waals surface area contributed by atoms with Gasteiger partial charge in [0.25, 0.3) is 0 Å². The number of benzene rings is 1. The molecule has 208 valence electrons. The average Bonchev–Trinajstić information content (AvgIpc) is 2.89. The SMILES string of the molecule is CCCCCCCCCCCC[C]c1cc(OC)c(O)c(OC)c1CCCCCCCCCCCC. The van der Waals surface area contributed by atoms with Crippen molar-refractivity contribution in [3.05, 3.63) is 23.6 Å². The zero-order valence-corrected chi connectivity index (χ0v) is 24.4. The van der Waals surface area contributed by atoms with Gasteiger partial charge < -0.3 is 14.6 Å². The molecule has 0 aliphatic carbocycles. The van der Waals surface area contributed by atoms with Gasteiger partial charge in [-0.15, -0.1) is 0 Å². The molecule has 0 spiro atoms. The summed E-state index contributed by atoms with van der Waals surface area (Å²) in [6.45, 7) is 4.55. The Morgan fingerprint density at radius 2 is 1.06 bits per heavy atom. The minimum atomic E-state index is 0.117. The summed E-state index contributed by atoms with van der Waals surface area (Å²) in [6, 6.07) is 1.94. The van der Waals surface area contributed by atoms with Gasteiger partial charge in [0.2, 0.25) is 5.75 Å². The van der Waals surface area contributed by atoms with Crippen LogP contribution >= 0.6 is 0 Å². The second-order valence-corrected chi connectivity index (χ2v) is 10.5. The van der Waals surface area contributed by atoms with Crippen molar-refractivity contribution >= 4 is 0 Å². The van der Waals surface area contributed by atoms with Crippen LogP contribution in [0.1, 0.15) is 160 Å². The van der Waals surface area contributed by atoms with Gasteiger partial charge in [-0.1, -0.05) is 136 Å². The number of hydrogen-bond donors (Lipinski definition) is 1. The zero-order valence-electron chi connectivity index (χ0n) is 24.4. The van der Waals surface area contributed by atoms with Gasteiger partial charge in [0.05, 0.1) is 14.2 Å². The maximum absolute atomic E-state index is 10.6. The first-order valence-electron chi connectivity index (χ1n) is 15.4. The number of methoxy groups -OCH3 is 2. The van der Waals surface area contributed by atoms with Gasteiger partial charge >= 0.3 is 0 Å². The Hall–Kier alpha value is -1.38. The molecule has 1 aromatic rings. The number of rotatable bonds is 25.